The number of aromatic nitrogens is 1. The number of aromatic hydroxyl groups is 1. The van der Waals surface area contributed by atoms with Crippen LogP contribution >= 0.6 is 0 Å². The average molecular weight is 463 g/mol. The molecule has 1 aromatic heterocycles. The van der Waals surface area contributed by atoms with Crippen molar-refractivity contribution in [1.82, 2.24) is 10.3 Å². The van der Waals surface area contributed by atoms with Gasteiger partial charge in [-0.25, -0.2) is 4.39 Å². The number of phenols is 1. The van der Waals surface area contributed by atoms with Crippen molar-refractivity contribution in [2.75, 3.05) is 10.6 Å². The Morgan fingerprint density at radius 2 is 1.82 bits per heavy atom. The number of pyridine rings is 1. The zero-order valence-electron chi connectivity index (χ0n) is 18.6. The lowest BCUT2D eigenvalue weighted by molar-refractivity contribution is -0.118. The van der Waals surface area contributed by atoms with Crippen LogP contribution in [0.3, 0.4) is 0 Å². The predicted molar refractivity (Wildman–Crippen MR) is 128 cm³/mol. The number of hydrogen-bond donors (Lipinski definition) is 4. The number of carbonyl (C=O) groups is 2. The van der Waals surface area contributed by atoms with Crippen LogP contribution in [-0.4, -0.2) is 27.9 Å². The van der Waals surface area contributed by atoms with Crippen LogP contribution in [0.15, 0.2) is 67.0 Å². The molecule has 0 aliphatic heterocycles. The Morgan fingerprint density at radius 3 is 2.59 bits per heavy atom. The van der Waals surface area contributed by atoms with Crippen LogP contribution in [0.25, 0.3) is 0 Å². The fraction of sp³-hybridized carbons (Fsp3) is 0.269. The van der Waals surface area contributed by atoms with Crippen molar-refractivity contribution >= 4 is 28.9 Å². The van der Waals surface area contributed by atoms with Crippen molar-refractivity contribution in [2.45, 2.75) is 38.1 Å². The van der Waals surface area contributed by atoms with E-state index in [0.717, 1.165) is 31.9 Å². The van der Waals surface area contributed by atoms with Gasteiger partial charge in [0, 0.05) is 29.2 Å². The highest BCUT2D eigenvalue weighted by Gasteiger charge is 2.27. The second kappa shape index (κ2) is 10.8. The summed E-state index contributed by atoms with van der Waals surface area (Å²) >= 11 is 0. The van der Waals surface area contributed by atoms with Crippen LogP contribution in [0.2, 0.25) is 0 Å². The molecule has 0 radical (unpaired) electrons. The van der Waals surface area contributed by atoms with Gasteiger partial charge in [0.1, 0.15) is 11.8 Å². The number of benzene rings is 2. The van der Waals surface area contributed by atoms with Gasteiger partial charge in [0.2, 0.25) is 5.91 Å². The molecule has 8 heteroatoms. The Balaban J connectivity index is 1.48. The first-order valence-electron chi connectivity index (χ1n) is 11.4. The van der Waals surface area contributed by atoms with Crippen LogP contribution in [0.4, 0.5) is 21.5 Å². The summed E-state index contributed by atoms with van der Waals surface area (Å²) in [7, 11) is 0. The Hall–Kier alpha value is -3.94. The van der Waals surface area contributed by atoms with Gasteiger partial charge < -0.3 is 21.1 Å². The predicted octanol–water partition coefficient (Wildman–Crippen LogP) is 4.99. The normalized spacial score (nSPS) is 14.4. The SMILES string of the molecule is O=C(N[C@@H](CC1CCCC1)C(=O)Nc1cccc(O)c1)c1cccc(Nc2ccncc2F)c1. The van der Waals surface area contributed by atoms with E-state index in [1.165, 1.54) is 24.4 Å². The van der Waals surface area contributed by atoms with Crippen LogP contribution in [0.5, 0.6) is 5.75 Å². The maximum Gasteiger partial charge on any atom is 0.252 e. The smallest absolute Gasteiger partial charge is 0.252 e. The molecule has 0 bridgehead atoms. The summed E-state index contributed by atoms with van der Waals surface area (Å²) in [6.45, 7) is 0. The molecule has 2 aromatic carbocycles. The van der Waals surface area contributed by atoms with E-state index in [0.29, 0.717) is 29.3 Å². The summed E-state index contributed by atoms with van der Waals surface area (Å²) in [5.74, 6) is -0.823. The lowest BCUT2D eigenvalue weighted by atomic mass is 9.97. The summed E-state index contributed by atoms with van der Waals surface area (Å²) in [5, 5.41) is 18.3. The Kier molecular flexibility index (Phi) is 7.37. The highest BCUT2D eigenvalue weighted by Crippen LogP contribution is 2.29. The molecule has 2 amide bonds. The molecule has 4 rings (SSSR count). The molecule has 7 nitrogen and oxygen atoms in total. The van der Waals surface area contributed by atoms with E-state index in [1.807, 2.05) is 0 Å². The number of amides is 2. The van der Waals surface area contributed by atoms with Crippen molar-refractivity contribution in [3.8, 4) is 5.75 Å². The summed E-state index contributed by atoms with van der Waals surface area (Å²) in [5.41, 5.74) is 1.59. The molecule has 0 spiro atoms. The highest BCUT2D eigenvalue weighted by atomic mass is 19.1. The van der Waals surface area contributed by atoms with Crippen LogP contribution in [-0.2, 0) is 4.79 Å². The molecule has 0 unspecified atom stereocenters. The van der Waals surface area contributed by atoms with Gasteiger partial charge in [-0.05, 0) is 48.7 Å². The minimum absolute atomic E-state index is 0.0455. The van der Waals surface area contributed by atoms with Crippen LogP contribution in [0.1, 0.15) is 42.5 Å². The van der Waals surface area contributed by atoms with E-state index >= 15 is 0 Å². The van der Waals surface area contributed by atoms with E-state index in [9.17, 15) is 19.1 Å². The second-order valence-electron chi connectivity index (χ2n) is 8.51. The zero-order chi connectivity index (χ0) is 23.9. The number of carbonyl (C=O) groups excluding carboxylic acids is 2. The van der Waals surface area contributed by atoms with E-state index in [1.54, 1.807) is 36.4 Å². The van der Waals surface area contributed by atoms with Crippen molar-refractivity contribution in [1.29, 1.82) is 0 Å². The van der Waals surface area contributed by atoms with Crippen molar-refractivity contribution in [2.24, 2.45) is 5.92 Å². The van der Waals surface area contributed by atoms with Gasteiger partial charge in [0.05, 0.1) is 11.9 Å². The first kappa shape index (κ1) is 23.2. The van der Waals surface area contributed by atoms with E-state index < -0.39 is 17.8 Å². The van der Waals surface area contributed by atoms with E-state index in [4.69, 9.17) is 0 Å². The highest BCUT2D eigenvalue weighted by molar-refractivity contribution is 6.01. The molecule has 4 N–H and O–H groups in total. The molecule has 1 fully saturated rings. The number of nitrogens with one attached hydrogen (secondary N) is 3. The Morgan fingerprint density at radius 1 is 1.06 bits per heavy atom. The van der Waals surface area contributed by atoms with E-state index in [2.05, 4.69) is 20.9 Å². The first-order valence-corrected chi connectivity index (χ1v) is 11.4. The maximum absolute atomic E-state index is 13.9. The minimum atomic E-state index is -0.729. The molecule has 1 heterocycles. The largest absolute Gasteiger partial charge is 0.508 e. The molecule has 1 saturated carbocycles. The maximum atomic E-state index is 13.9. The minimum Gasteiger partial charge on any atom is -0.508 e. The fourth-order valence-electron chi connectivity index (χ4n) is 4.24. The van der Waals surface area contributed by atoms with Crippen LogP contribution < -0.4 is 16.0 Å². The van der Waals surface area contributed by atoms with Crippen LogP contribution in [0, 0.1) is 11.7 Å². The summed E-state index contributed by atoms with van der Waals surface area (Å²) in [6.07, 6.45) is 7.43. The van der Waals surface area contributed by atoms with Gasteiger partial charge >= 0.3 is 0 Å². The number of nitrogens with zero attached hydrogens (tertiary/aromatic N) is 1. The van der Waals surface area contributed by atoms with E-state index in [-0.39, 0.29) is 17.3 Å². The molecule has 176 valence electrons. The lowest BCUT2D eigenvalue weighted by Crippen LogP contribution is -2.44. The molecular weight excluding hydrogens is 435 g/mol. The van der Waals surface area contributed by atoms with Gasteiger partial charge in [-0.1, -0.05) is 37.8 Å². The van der Waals surface area contributed by atoms with Crippen molar-refractivity contribution in [3.05, 3.63) is 78.4 Å². The molecule has 1 aliphatic rings. The fourth-order valence-corrected chi connectivity index (χ4v) is 4.24. The standard InChI is InChI=1S/C26H27FN4O3/c27-22-16-28-12-11-23(22)29-19-8-3-7-18(14-19)25(33)31-24(13-17-5-1-2-6-17)26(34)30-20-9-4-10-21(32)15-20/h3-4,7-12,14-17,24,32H,1-2,5-6,13H2,(H,28,29)(H,30,34)(H,31,33)/t24-/m0/s1. The van der Waals surface area contributed by atoms with Gasteiger partial charge in [-0.3, -0.25) is 14.6 Å². The first-order chi connectivity index (χ1) is 16.5. The average Bonchev–Trinajstić information content (AvgIpc) is 3.33. The quantitative estimate of drug-likeness (QED) is 0.378. The third kappa shape index (κ3) is 6.10. The van der Waals surface area contributed by atoms with Gasteiger partial charge in [0.25, 0.3) is 5.91 Å². The number of hydrogen-bond acceptors (Lipinski definition) is 5. The molecule has 1 atom stereocenters. The number of phenolic OH excluding ortho intramolecular Hbond substituents is 1. The van der Waals surface area contributed by atoms with Crippen molar-refractivity contribution < 1.29 is 19.1 Å². The number of rotatable bonds is 8. The van der Waals surface area contributed by atoms with Gasteiger partial charge in [-0.2, -0.15) is 0 Å². The zero-order valence-corrected chi connectivity index (χ0v) is 18.6. The third-order valence-electron chi connectivity index (χ3n) is 5.96. The topological polar surface area (TPSA) is 103 Å². The summed E-state index contributed by atoms with van der Waals surface area (Å²) in [6, 6.07) is 13.7. The summed E-state index contributed by atoms with van der Waals surface area (Å²) in [4.78, 5) is 29.9. The second-order valence-corrected chi connectivity index (χ2v) is 8.51. The van der Waals surface area contributed by atoms with Gasteiger partial charge in [-0.15, -0.1) is 0 Å². The molecule has 0 saturated heterocycles. The van der Waals surface area contributed by atoms with Crippen molar-refractivity contribution in [3.63, 3.8) is 0 Å². The number of anilines is 3. The lowest BCUT2D eigenvalue weighted by Gasteiger charge is -2.22. The molecular formula is C26H27FN4O3. The summed E-state index contributed by atoms with van der Waals surface area (Å²) < 4.78 is 13.9. The molecule has 34 heavy (non-hydrogen) atoms. The third-order valence-corrected chi connectivity index (χ3v) is 5.96. The monoisotopic (exact) mass is 462 g/mol. The number of halogens is 1. The molecule has 1 aliphatic carbocycles. The van der Waals surface area contributed by atoms with Gasteiger partial charge in [0.15, 0.2) is 5.82 Å². The molecule has 3 aromatic rings. The Bertz CT molecular complexity index is 1160. The Labute approximate surface area is 197 Å².